The summed E-state index contributed by atoms with van der Waals surface area (Å²) in [6, 6.07) is 1.45. The highest BCUT2D eigenvalue weighted by Gasteiger charge is 2.30. The molecule has 0 aliphatic heterocycles. The maximum absolute atomic E-state index is 12.2. The van der Waals surface area contributed by atoms with E-state index in [1.54, 1.807) is 6.92 Å². The number of carboxylic acids is 1. The number of rotatable bonds is 5. The zero-order valence-corrected chi connectivity index (χ0v) is 10.0. The van der Waals surface area contributed by atoms with E-state index >= 15 is 0 Å². The van der Waals surface area contributed by atoms with Gasteiger partial charge in [-0.25, -0.2) is 4.79 Å². The summed E-state index contributed by atoms with van der Waals surface area (Å²) < 4.78 is 41.7. The lowest BCUT2D eigenvalue weighted by molar-refractivity contribution is -0.147. The second kappa shape index (κ2) is 5.43. The second-order valence-corrected chi connectivity index (χ2v) is 3.95. The lowest BCUT2D eigenvalue weighted by Gasteiger charge is -2.20. The summed E-state index contributed by atoms with van der Waals surface area (Å²) >= 11 is 0. The van der Waals surface area contributed by atoms with Gasteiger partial charge in [0.15, 0.2) is 0 Å². The van der Waals surface area contributed by atoms with Crippen LogP contribution >= 0.6 is 0 Å². The predicted octanol–water partition coefficient (Wildman–Crippen LogP) is 2.67. The molecule has 18 heavy (non-hydrogen) atoms. The SMILES string of the molecule is CCN(Cc1cc(C)c(C(=O)O)o1)CC(F)(F)F. The molecule has 0 atom stereocenters. The summed E-state index contributed by atoms with van der Waals surface area (Å²) in [6.07, 6.45) is -4.28. The van der Waals surface area contributed by atoms with Crippen molar-refractivity contribution >= 4 is 5.97 Å². The highest BCUT2D eigenvalue weighted by Crippen LogP contribution is 2.20. The largest absolute Gasteiger partial charge is 0.475 e. The standard InChI is InChI=1S/C11H14F3NO3/c1-3-15(6-11(12,13)14)5-8-4-7(2)9(18-8)10(16)17/h4H,3,5-6H2,1-2H3,(H,16,17). The first-order valence-corrected chi connectivity index (χ1v) is 5.34. The van der Waals surface area contributed by atoms with Crippen molar-refractivity contribution in [3.05, 3.63) is 23.2 Å². The molecule has 1 N–H and O–H groups in total. The van der Waals surface area contributed by atoms with Crippen LogP contribution in [0.1, 0.15) is 28.8 Å². The number of alkyl halides is 3. The lowest BCUT2D eigenvalue weighted by atomic mass is 10.2. The predicted molar refractivity (Wildman–Crippen MR) is 57.4 cm³/mol. The summed E-state index contributed by atoms with van der Waals surface area (Å²) in [5.74, 6) is -1.23. The molecule has 102 valence electrons. The molecule has 0 amide bonds. The van der Waals surface area contributed by atoms with Crippen molar-refractivity contribution in [2.45, 2.75) is 26.6 Å². The monoisotopic (exact) mass is 265 g/mol. The van der Waals surface area contributed by atoms with Gasteiger partial charge in [0, 0.05) is 5.56 Å². The second-order valence-electron chi connectivity index (χ2n) is 3.95. The molecule has 0 spiro atoms. The maximum atomic E-state index is 12.2. The molecule has 0 fully saturated rings. The zero-order chi connectivity index (χ0) is 13.9. The fraction of sp³-hybridized carbons (Fsp3) is 0.545. The molecule has 0 saturated carbocycles. The van der Waals surface area contributed by atoms with Crippen LogP contribution in [0.15, 0.2) is 10.5 Å². The summed E-state index contributed by atoms with van der Waals surface area (Å²) in [5, 5.41) is 8.77. The molecule has 0 aromatic carbocycles. The van der Waals surface area contributed by atoms with Crippen LogP contribution in [0.4, 0.5) is 13.2 Å². The summed E-state index contributed by atoms with van der Waals surface area (Å²) in [6.45, 7) is 2.22. The van der Waals surface area contributed by atoms with Crippen molar-refractivity contribution in [1.82, 2.24) is 4.90 Å². The fourth-order valence-electron chi connectivity index (χ4n) is 1.59. The molecule has 0 bridgehead atoms. The molecule has 1 aromatic heterocycles. The third-order valence-electron chi connectivity index (χ3n) is 2.39. The molecule has 0 saturated heterocycles. The van der Waals surface area contributed by atoms with Gasteiger partial charge in [-0.2, -0.15) is 13.2 Å². The normalized spacial score (nSPS) is 12.1. The Kier molecular flexibility index (Phi) is 4.39. The van der Waals surface area contributed by atoms with Gasteiger partial charge in [0.2, 0.25) is 5.76 Å². The van der Waals surface area contributed by atoms with Crippen molar-refractivity contribution in [2.24, 2.45) is 0 Å². The summed E-state index contributed by atoms with van der Waals surface area (Å²) in [4.78, 5) is 11.9. The molecule has 1 rings (SSSR count). The Balaban J connectivity index is 2.76. The molecule has 0 radical (unpaired) electrons. The Labute approximate surface area is 102 Å². The van der Waals surface area contributed by atoms with Gasteiger partial charge in [0.25, 0.3) is 0 Å². The van der Waals surface area contributed by atoms with E-state index in [9.17, 15) is 18.0 Å². The molecule has 1 aromatic rings. The van der Waals surface area contributed by atoms with Crippen LogP contribution in [0.5, 0.6) is 0 Å². The molecule has 0 aliphatic rings. The van der Waals surface area contributed by atoms with Crippen LogP contribution in [0, 0.1) is 6.92 Å². The van der Waals surface area contributed by atoms with Crippen LogP contribution in [-0.2, 0) is 6.54 Å². The van der Waals surface area contributed by atoms with E-state index in [0.29, 0.717) is 5.56 Å². The molecule has 1 heterocycles. The highest BCUT2D eigenvalue weighted by molar-refractivity contribution is 5.86. The van der Waals surface area contributed by atoms with Gasteiger partial charge < -0.3 is 9.52 Å². The first-order chi connectivity index (χ1) is 8.23. The molecule has 0 aliphatic carbocycles. The topological polar surface area (TPSA) is 53.7 Å². The number of hydrogen-bond acceptors (Lipinski definition) is 3. The number of hydrogen-bond donors (Lipinski definition) is 1. The van der Waals surface area contributed by atoms with Gasteiger partial charge >= 0.3 is 12.1 Å². The van der Waals surface area contributed by atoms with Crippen LogP contribution in [-0.4, -0.2) is 35.2 Å². The number of aromatic carboxylic acids is 1. The van der Waals surface area contributed by atoms with E-state index in [2.05, 4.69) is 0 Å². The minimum Gasteiger partial charge on any atom is -0.475 e. The quantitative estimate of drug-likeness (QED) is 0.889. The van der Waals surface area contributed by atoms with E-state index in [1.165, 1.54) is 13.0 Å². The van der Waals surface area contributed by atoms with E-state index < -0.39 is 18.7 Å². The Morgan fingerprint density at radius 1 is 1.50 bits per heavy atom. The molecular weight excluding hydrogens is 251 g/mol. The first-order valence-electron chi connectivity index (χ1n) is 5.34. The third-order valence-corrected chi connectivity index (χ3v) is 2.39. The van der Waals surface area contributed by atoms with Gasteiger partial charge in [-0.3, -0.25) is 4.90 Å². The van der Waals surface area contributed by atoms with Gasteiger partial charge in [-0.15, -0.1) is 0 Å². The van der Waals surface area contributed by atoms with Crippen molar-refractivity contribution in [3.63, 3.8) is 0 Å². The maximum Gasteiger partial charge on any atom is 0.401 e. The number of carboxylic acid groups (broad SMARTS) is 1. The van der Waals surface area contributed by atoms with Gasteiger partial charge in [0.1, 0.15) is 5.76 Å². The Morgan fingerprint density at radius 2 is 2.11 bits per heavy atom. The average Bonchev–Trinajstić information content (AvgIpc) is 2.56. The summed E-state index contributed by atoms with van der Waals surface area (Å²) in [5.41, 5.74) is 0.403. The number of nitrogens with zero attached hydrogens (tertiary/aromatic N) is 1. The van der Waals surface area contributed by atoms with Gasteiger partial charge in [0.05, 0.1) is 13.1 Å². The summed E-state index contributed by atoms with van der Waals surface area (Å²) in [7, 11) is 0. The average molecular weight is 265 g/mol. The Morgan fingerprint density at radius 3 is 2.50 bits per heavy atom. The van der Waals surface area contributed by atoms with Crippen LogP contribution in [0.2, 0.25) is 0 Å². The van der Waals surface area contributed by atoms with Crippen LogP contribution < -0.4 is 0 Å². The molecule has 7 heteroatoms. The highest BCUT2D eigenvalue weighted by atomic mass is 19.4. The molecular formula is C11H14F3NO3. The van der Waals surface area contributed by atoms with E-state index in [4.69, 9.17) is 9.52 Å². The Hall–Kier alpha value is -1.50. The molecule has 4 nitrogen and oxygen atoms in total. The van der Waals surface area contributed by atoms with E-state index in [0.717, 1.165) is 4.90 Å². The van der Waals surface area contributed by atoms with Gasteiger partial charge in [-0.05, 0) is 19.5 Å². The van der Waals surface area contributed by atoms with Crippen LogP contribution in [0.3, 0.4) is 0 Å². The lowest BCUT2D eigenvalue weighted by Crippen LogP contribution is -2.33. The molecule has 0 unspecified atom stereocenters. The van der Waals surface area contributed by atoms with Crippen molar-refractivity contribution in [2.75, 3.05) is 13.1 Å². The third kappa shape index (κ3) is 4.06. The van der Waals surface area contributed by atoms with Crippen molar-refractivity contribution in [3.8, 4) is 0 Å². The Bertz CT molecular complexity index is 426. The number of furan rings is 1. The minimum atomic E-state index is -4.28. The zero-order valence-electron chi connectivity index (χ0n) is 10.0. The van der Waals surface area contributed by atoms with E-state index in [1.807, 2.05) is 0 Å². The van der Waals surface area contributed by atoms with Gasteiger partial charge in [-0.1, -0.05) is 6.92 Å². The van der Waals surface area contributed by atoms with Crippen molar-refractivity contribution < 1.29 is 27.5 Å². The fourth-order valence-corrected chi connectivity index (χ4v) is 1.59. The smallest absolute Gasteiger partial charge is 0.401 e. The number of aryl methyl sites for hydroxylation is 1. The van der Waals surface area contributed by atoms with Crippen LogP contribution in [0.25, 0.3) is 0 Å². The minimum absolute atomic E-state index is 0.0653. The number of halogens is 3. The number of carbonyl (C=O) groups is 1. The van der Waals surface area contributed by atoms with Crippen molar-refractivity contribution in [1.29, 1.82) is 0 Å². The van der Waals surface area contributed by atoms with E-state index in [-0.39, 0.29) is 24.6 Å². The first kappa shape index (κ1) is 14.6.